The van der Waals surface area contributed by atoms with Gasteiger partial charge in [-0.25, -0.2) is 0 Å². The summed E-state index contributed by atoms with van der Waals surface area (Å²) in [6, 6.07) is 9.99. The van der Waals surface area contributed by atoms with E-state index in [0.29, 0.717) is 10.0 Å². The van der Waals surface area contributed by atoms with Crippen molar-refractivity contribution in [1.29, 1.82) is 0 Å². The molecule has 0 aliphatic carbocycles. The Morgan fingerprint density at radius 3 is 2.71 bits per heavy atom. The van der Waals surface area contributed by atoms with Gasteiger partial charge in [0.05, 0.1) is 10.0 Å². The molecule has 1 aromatic heterocycles. The fourth-order valence-electron chi connectivity index (χ4n) is 1.55. The van der Waals surface area contributed by atoms with Crippen molar-refractivity contribution in [1.82, 2.24) is 5.32 Å². The summed E-state index contributed by atoms with van der Waals surface area (Å²) in [5.41, 5.74) is 1.21. The van der Waals surface area contributed by atoms with Crippen molar-refractivity contribution in [3.05, 3.63) is 56.2 Å². The maximum atomic E-state index is 5.96. The highest BCUT2D eigenvalue weighted by Gasteiger charge is 1.99. The second kappa shape index (κ2) is 6.41. The summed E-state index contributed by atoms with van der Waals surface area (Å²) in [6.07, 6.45) is 0.961. The molecule has 0 fully saturated rings. The minimum absolute atomic E-state index is 0.613. The van der Waals surface area contributed by atoms with E-state index in [2.05, 4.69) is 22.8 Å². The molecule has 0 aliphatic rings. The van der Waals surface area contributed by atoms with Crippen molar-refractivity contribution in [3.63, 3.8) is 0 Å². The highest BCUT2D eigenvalue weighted by Crippen LogP contribution is 2.22. The fraction of sp³-hybridized carbons (Fsp3) is 0.231. The third-order valence-corrected chi connectivity index (χ3v) is 4.07. The van der Waals surface area contributed by atoms with Crippen LogP contribution in [0.15, 0.2) is 35.7 Å². The molecule has 0 bridgehead atoms. The van der Waals surface area contributed by atoms with E-state index >= 15 is 0 Å². The number of hydrogen-bond donors (Lipinski definition) is 1. The van der Waals surface area contributed by atoms with Gasteiger partial charge in [-0.3, -0.25) is 0 Å². The number of thiophene rings is 1. The van der Waals surface area contributed by atoms with Crippen LogP contribution in [0.3, 0.4) is 0 Å². The van der Waals surface area contributed by atoms with Crippen LogP contribution in [-0.2, 0) is 13.0 Å². The van der Waals surface area contributed by atoms with Crippen LogP contribution >= 0.6 is 34.5 Å². The third-order valence-electron chi connectivity index (χ3n) is 2.45. The van der Waals surface area contributed by atoms with Gasteiger partial charge < -0.3 is 5.32 Å². The second-order valence-corrected chi connectivity index (χ2v) is 5.60. The number of halogens is 2. The van der Waals surface area contributed by atoms with E-state index in [4.69, 9.17) is 23.2 Å². The lowest BCUT2D eigenvalue weighted by atomic mass is 10.1. The molecule has 1 nitrogen and oxygen atoms in total. The highest BCUT2D eigenvalue weighted by molar-refractivity contribution is 7.09. The van der Waals surface area contributed by atoms with Gasteiger partial charge in [-0.2, -0.15) is 0 Å². The van der Waals surface area contributed by atoms with Gasteiger partial charge in [0, 0.05) is 11.4 Å². The van der Waals surface area contributed by atoms with E-state index in [1.54, 1.807) is 11.3 Å². The lowest BCUT2D eigenvalue weighted by Gasteiger charge is -2.04. The quantitative estimate of drug-likeness (QED) is 0.804. The van der Waals surface area contributed by atoms with Gasteiger partial charge in [-0.05, 0) is 42.1 Å². The molecular weight excluding hydrogens is 273 g/mol. The Morgan fingerprint density at radius 2 is 2.00 bits per heavy atom. The predicted octanol–water partition coefficient (Wildman–Crippen LogP) is 4.39. The Kier molecular flexibility index (Phi) is 4.86. The SMILES string of the molecule is Clc1ccc(CCNCc2cccs2)cc1Cl. The van der Waals surface area contributed by atoms with Crippen molar-refractivity contribution >= 4 is 34.5 Å². The molecule has 0 unspecified atom stereocenters. The summed E-state index contributed by atoms with van der Waals surface area (Å²) in [4.78, 5) is 1.36. The molecular formula is C13H13Cl2NS. The van der Waals surface area contributed by atoms with Crippen molar-refractivity contribution in [3.8, 4) is 0 Å². The van der Waals surface area contributed by atoms with Crippen LogP contribution in [0.5, 0.6) is 0 Å². The van der Waals surface area contributed by atoms with Gasteiger partial charge in [0.15, 0.2) is 0 Å². The largest absolute Gasteiger partial charge is 0.312 e. The summed E-state index contributed by atoms with van der Waals surface area (Å²) in [6.45, 7) is 1.87. The van der Waals surface area contributed by atoms with Crippen LogP contribution in [0.4, 0.5) is 0 Å². The normalized spacial score (nSPS) is 10.7. The average Bonchev–Trinajstić information content (AvgIpc) is 2.82. The number of hydrogen-bond acceptors (Lipinski definition) is 2. The third kappa shape index (κ3) is 4.00. The first-order chi connectivity index (χ1) is 8.25. The zero-order chi connectivity index (χ0) is 12.1. The van der Waals surface area contributed by atoms with Crippen molar-refractivity contribution in [2.24, 2.45) is 0 Å². The molecule has 17 heavy (non-hydrogen) atoms. The first kappa shape index (κ1) is 12.9. The van der Waals surface area contributed by atoms with Gasteiger partial charge in [0.1, 0.15) is 0 Å². The number of benzene rings is 1. The van der Waals surface area contributed by atoms with Crippen molar-refractivity contribution in [2.75, 3.05) is 6.54 Å². The van der Waals surface area contributed by atoms with Gasteiger partial charge >= 0.3 is 0 Å². The average molecular weight is 286 g/mol. The second-order valence-electron chi connectivity index (χ2n) is 3.75. The molecule has 1 heterocycles. The zero-order valence-corrected chi connectivity index (χ0v) is 11.6. The molecule has 90 valence electrons. The van der Waals surface area contributed by atoms with Crippen LogP contribution in [-0.4, -0.2) is 6.54 Å². The number of rotatable bonds is 5. The smallest absolute Gasteiger partial charge is 0.0595 e. The molecule has 2 rings (SSSR count). The van der Waals surface area contributed by atoms with Crippen molar-refractivity contribution in [2.45, 2.75) is 13.0 Å². The monoisotopic (exact) mass is 285 g/mol. The van der Waals surface area contributed by atoms with Crippen LogP contribution in [0.2, 0.25) is 10.0 Å². The Morgan fingerprint density at radius 1 is 1.12 bits per heavy atom. The van der Waals surface area contributed by atoms with Gasteiger partial charge in [-0.15, -0.1) is 11.3 Å². The number of nitrogens with one attached hydrogen (secondary N) is 1. The van der Waals surface area contributed by atoms with Gasteiger partial charge in [0.25, 0.3) is 0 Å². The Bertz CT molecular complexity index is 468. The van der Waals surface area contributed by atoms with Gasteiger partial charge in [-0.1, -0.05) is 35.3 Å². The summed E-state index contributed by atoms with van der Waals surface area (Å²) < 4.78 is 0. The van der Waals surface area contributed by atoms with Crippen molar-refractivity contribution < 1.29 is 0 Å². The maximum Gasteiger partial charge on any atom is 0.0595 e. The summed E-state index contributed by atoms with van der Waals surface area (Å²) in [5.74, 6) is 0. The standard InChI is InChI=1S/C13H13Cl2NS/c14-12-4-3-10(8-13(12)15)5-6-16-9-11-2-1-7-17-11/h1-4,7-8,16H,5-6,9H2. The van der Waals surface area contributed by atoms with E-state index < -0.39 is 0 Å². The minimum atomic E-state index is 0.613. The molecule has 0 saturated heterocycles. The van der Waals surface area contributed by atoms with Crippen LogP contribution in [0.1, 0.15) is 10.4 Å². The minimum Gasteiger partial charge on any atom is -0.312 e. The molecule has 4 heteroatoms. The summed E-state index contributed by atoms with van der Waals surface area (Å²) in [7, 11) is 0. The van der Waals surface area contributed by atoms with Crippen LogP contribution < -0.4 is 5.32 Å². The van der Waals surface area contributed by atoms with E-state index in [-0.39, 0.29) is 0 Å². The molecule has 2 aromatic rings. The lowest BCUT2D eigenvalue weighted by Crippen LogP contribution is -2.15. The Balaban J connectivity index is 1.76. The van der Waals surface area contributed by atoms with Crippen LogP contribution in [0, 0.1) is 0 Å². The topological polar surface area (TPSA) is 12.0 Å². The molecule has 0 saturated carbocycles. The Labute approximate surface area is 115 Å². The van der Waals surface area contributed by atoms with E-state index in [0.717, 1.165) is 19.5 Å². The predicted molar refractivity (Wildman–Crippen MR) is 76.2 cm³/mol. The lowest BCUT2D eigenvalue weighted by molar-refractivity contribution is 0.693. The maximum absolute atomic E-state index is 5.96. The van der Waals surface area contributed by atoms with E-state index in [1.165, 1.54) is 10.4 Å². The van der Waals surface area contributed by atoms with Crippen LogP contribution in [0.25, 0.3) is 0 Å². The van der Waals surface area contributed by atoms with E-state index in [1.807, 2.05) is 18.2 Å². The van der Waals surface area contributed by atoms with E-state index in [9.17, 15) is 0 Å². The molecule has 0 atom stereocenters. The Hall–Kier alpha value is -0.540. The molecule has 1 N–H and O–H groups in total. The molecule has 0 radical (unpaired) electrons. The molecule has 1 aromatic carbocycles. The molecule has 0 aliphatic heterocycles. The highest BCUT2D eigenvalue weighted by atomic mass is 35.5. The molecule has 0 amide bonds. The summed E-state index contributed by atoms with van der Waals surface area (Å²) >= 11 is 13.6. The summed E-state index contributed by atoms with van der Waals surface area (Å²) in [5, 5.41) is 6.74. The first-order valence-corrected chi connectivity index (χ1v) is 7.06. The fourth-order valence-corrected chi connectivity index (χ4v) is 2.55. The first-order valence-electron chi connectivity index (χ1n) is 5.43. The van der Waals surface area contributed by atoms with Gasteiger partial charge in [0.2, 0.25) is 0 Å². The zero-order valence-electron chi connectivity index (χ0n) is 9.25. The molecule has 0 spiro atoms.